The largest absolute Gasteiger partial charge is 0.320 e. The highest BCUT2D eigenvalue weighted by molar-refractivity contribution is 7.08. The molecule has 6 heteroatoms. The molecule has 0 aliphatic carbocycles. The number of nitrogens with zero attached hydrogens (tertiary/aromatic N) is 2. The minimum absolute atomic E-state index is 0.226. The maximum atomic E-state index is 12.0. The molecule has 0 bridgehead atoms. The monoisotopic (exact) mass is 281 g/mol. The summed E-state index contributed by atoms with van der Waals surface area (Å²) in [4.78, 5) is 12.6. The van der Waals surface area contributed by atoms with Crippen LogP contribution in [-0.2, 0) is 0 Å². The topological polar surface area (TPSA) is 54.9 Å². The molecular weight excluding hydrogens is 270 g/mol. The first-order valence-electron chi connectivity index (χ1n) is 5.36. The number of aryl methyl sites for hydroxylation is 3. The van der Waals surface area contributed by atoms with Gasteiger partial charge < -0.3 is 5.32 Å². The van der Waals surface area contributed by atoms with Crippen LogP contribution in [0.3, 0.4) is 0 Å². The molecule has 1 aromatic heterocycles. The Morgan fingerprint density at radius 2 is 2.06 bits per heavy atom. The standard InChI is InChI=1S/C12H12ClN3OS/c1-6-4-7(2)10(9(13)5-6)14-12(17)11-8(3)15-16-18-11/h4-5H,1-3H3,(H,14,17). The molecule has 94 valence electrons. The van der Waals surface area contributed by atoms with Gasteiger partial charge in [0.15, 0.2) is 0 Å². The Bertz CT molecular complexity index is 586. The van der Waals surface area contributed by atoms with Crippen molar-refractivity contribution in [2.45, 2.75) is 20.8 Å². The Morgan fingerprint density at radius 1 is 1.33 bits per heavy atom. The van der Waals surface area contributed by atoms with Gasteiger partial charge in [0.05, 0.1) is 16.4 Å². The Balaban J connectivity index is 2.31. The summed E-state index contributed by atoms with van der Waals surface area (Å²) in [6.45, 7) is 5.62. The second kappa shape index (κ2) is 5.04. The molecule has 2 rings (SSSR count). The van der Waals surface area contributed by atoms with Gasteiger partial charge in [0.25, 0.3) is 5.91 Å². The lowest BCUT2D eigenvalue weighted by atomic mass is 10.1. The lowest BCUT2D eigenvalue weighted by molar-refractivity contribution is 0.102. The van der Waals surface area contributed by atoms with Crippen LogP contribution < -0.4 is 5.32 Å². The molecule has 0 fully saturated rings. The van der Waals surface area contributed by atoms with Crippen LogP contribution in [0.2, 0.25) is 5.02 Å². The molecule has 1 amide bonds. The third kappa shape index (κ3) is 2.52. The molecule has 1 aromatic carbocycles. The summed E-state index contributed by atoms with van der Waals surface area (Å²) >= 11 is 7.21. The SMILES string of the molecule is Cc1cc(C)c(NC(=O)c2snnc2C)c(Cl)c1. The van der Waals surface area contributed by atoms with E-state index in [4.69, 9.17) is 11.6 Å². The molecule has 0 radical (unpaired) electrons. The zero-order valence-electron chi connectivity index (χ0n) is 10.2. The fraction of sp³-hybridized carbons (Fsp3) is 0.250. The summed E-state index contributed by atoms with van der Waals surface area (Å²) in [6.07, 6.45) is 0. The lowest BCUT2D eigenvalue weighted by Crippen LogP contribution is -2.13. The van der Waals surface area contributed by atoms with E-state index in [1.165, 1.54) is 0 Å². The van der Waals surface area contributed by atoms with E-state index in [0.717, 1.165) is 22.7 Å². The molecule has 0 aliphatic heterocycles. The molecule has 0 aliphatic rings. The van der Waals surface area contributed by atoms with E-state index >= 15 is 0 Å². The van der Waals surface area contributed by atoms with Gasteiger partial charge in [-0.25, -0.2) is 0 Å². The Morgan fingerprint density at radius 3 is 2.61 bits per heavy atom. The predicted molar refractivity (Wildman–Crippen MR) is 73.5 cm³/mol. The van der Waals surface area contributed by atoms with Crippen molar-refractivity contribution in [1.29, 1.82) is 0 Å². The molecule has 0 atom stereocenters. The first-order valence-corrected chi connectivity index (χ1v) is 6.51. The second-order valence-corrected chi connectivity index (χ2v) is 5.24. The number of anilines is 1. The van der Waals surface area contributed by atoms with Crippen LogP contribution in [0.25, 0.3) is 0 Å². The zero-order valence-corrected chi connectivity index (χ0v) is 11.8. The molecule has 1 N–H and O–H groups in total. The molecular formula is C12H12ClN3OS. The van der Waals surface area contributed by atoms with Gasteiger partial charge in [-0.3, -0.25) is 4.79 Å². The quantitative estimate of drug-likeness (QED) is 0.918. The number of carbonyl (C=O) groups is 1. The van der Waals surface area contributed by atoms with Crippen molar-refractivity contribution in [1.82, 2.24) is 9.59 Å². The highest BCUT2D eigenvalue weighted by Gasteiger charge is 2.15. The van der Waals surface area contributed by atoms with E-state index in [-0.39, 0.29) is 5.91 Å². The number of halogens is 1. The summed E-state index contributed by atoms with van der Waals surface area (Å²) < 4.78 is 3.74. The second-order valence-electron chi connectivity index (χ2n) is 4.08. The first kappa shape index (κ1) is 13.0. The third-order valence-electron chi connectivity index (χ3n) is 2.53. The molecule has 0 unspecified atom stereocenters. The van der Waals surface area contributed by atoms with Gasteiger partial charge in [0.2, 0.25) is 0 Å². The van der Waals surface area contributed by atoms with Crippen molar-refractivity contribution in [3.05, 3.63) is 38.9 Å². The van der Waals surface area contributed by atoms with Gasteiger partial charge in [-0.2, -0.15) is 0 Å². The van der Waals surface area contributed by atoms with Crippen molar-refractivity contribution in [3.8, 4) is 0 Å². The van der Waals surface area contributed by atoms with Crippen LogP contribution in [0.15, 0.2) is 12.1 Å². The Kier molecular flexibility index (Phi) is 3.63. The minimum atomic E-state index is -0.226. The number of nitrogens with one attached hydrogen (secondary N) is 1. The van der Waals surface area contributed by atoms with Gasteiger partial charge in [-0.15, -0.1) is 5.10 Å². The van der Waals surface area contributed by atoms with Crippen molar-refractivity contribution in [3.63, 3.8) is 0 Å². The fourth-order valence-corrected chi connectivity index (χ4v) is 2.60. The van der Waals surface area contributed by atoms with E-state index < -0.39 is 0 Å². The molecule has 0 saturated heterocycles. The van der Waals surface area contributed by atoms with Crippen molar-refractivity contribution >= 4 is 34.7 Å². The van der Waals surface area contributed by atoms with Gasteiger partial charge in [0.1, 0.15) is 4.88 Å². The minimum Gasteiger partial charge on any atom is -0.320 e. The van der Waals surface area contributed by atoms with Gasteiger partial charge in [-0.1, -0.05) is 22.2 Å². The number of amides is 1. The average molecular weight is 282 g/mol. The number of hydrogen-bond donors (Lipinski definition) is 1. The maximum absolute atomic E-state index is 12.0. The van der Waals surface area contributed by atoms with Crippen LogP contribution >= 0.6 is 23.1 Å². The average Bonchev–Trinajstić information content (AvgIpc) is 2.69. The number of rotatable bonds is 2. The van der Waals surface area contributed by atoms with Crippen molar-refractivity contribution in [2.75, 3.05) is 5.32 Å². The highest BCUT2D eigenvalue weighted by atomic mass is 35.5. The molecule has 1 heterocycles. The third-order valence-corrected chi connectivity index (χ3v) is 3.65. The predicted octanol–water partition coefficient (Wildman–Crippen LogP) is 3.37. The summed E-state index contributed by atoms with van der Waals surface area (Å²) in [7, 11) is 0. The molecule has 0 spiro atoms. The summed E-state index contributed by atoms with van der Waals surface area (Å²) in [5.41, 5.74) is 3.26. The van der Waals surface area contributed by atoms with E-state index in [2.05, 4.69) is 14.9 Å². The van der Waals surface area contributed by atoms with Crippen molar-refractivity contribution in [2.24, 2.45) is 0 Å². The molecule has 4 nitrogen and oxygen atoms in total. The summed E-state index contributed by atoms with van der Waals surface area (Å²) in [5.74, 6) is -0.226. The molecule has 2 aromatic rings. The van der Waals surface area contributed by atoms with Crippen LogP contribution in [0.5, 0.6) is 0 Å². The van der Waals surface area contributed by atoms with E-state index in [1.54, 1.807) is 6.92 Å². The number of hydrogen-bond acceptors (Lipinski definition) is 4. The smallest absolute Gasteiger partial charge is 0.269 e. The van der Waals surface area contributed by atoms with Gasteiger partial charge >= 0.3 is 0 Å². The number of benzene rings is 1. The highest BCUT2D eigenvalue weighted by Crippen LogP contribution is 2.28. The summed E-state index contributed by atoms with van der Waals surface area (Å²) in [6, 6.07) is 3.79. The summed E-state index contributed by atoms with van der Waals surface area (Å²) in [5, 5.41) is 7.16. The van der Waals surface area contributed by atoms with E-state index in [1.807, 2.05) is 26.0 Å². The van der Waals surface area contributed by atoms with Crippen LogP contribution in [0, 0.1) is 20.8 Å². The Hall–Kier alpha value is -1.46. The zero-order chi connectivity index (χ0) is 13.3. The normalized spacial score (nSPS) is 10.4. The van der Waals surface area contributed by atoms with Crippen LogP contribution in [0.1, 0.15) is 26.5 Å². The van der Waals surface area contributed by atoms with E-state index in [0.29, 0.717) is 21.3 Å². The maximum Gasteiger partial charge on any atom is 0.269 e. The van der Waals surface area contributed by atoms with E-state index in [9.17, 15) is 4.79 Å². The fourth-order valence-electron chi connectivity index (χ4n) is 1.68. The van der Waals surface area contributed by atoms with Gasteiger partial charge in [-0.05, 0) is 49.5 Å². The number of carbonyl (C=O) groups excluding carboxylic acids is 1. The molecule has 0 saturated carbocycles. The Labute approximate surface area is 114 Å². The van der Waals surface area contributed by atoms with Crippen LogP contribution in [-0.4, -0.2) is 15.5 Å². The van der Waals surface area contributed by atoms with Crippen LogP contribution in [0.4, 0.5) is 5.69 Å². The molecule has 18 heavy (non-hydrogen) atoms. The van der Waals surface area contributed by atoms with Gasteiger partial charge in [0, 0.05) is 0 Å². The lowest BCUT2D eigenvalue weighted by Gasteiger charge is -2.10. The number of aromatic nitrogens is 2. The van der Waals surface area contributed by atoms with Crippen molar-refractivity contribution < 1.29 is 4.79 Å². The first-order chi connectivity index (χ1) is 8.49.